The molecular formula is C20H40O6. The zero-order valence-electron chi connectivity index (χ0n) is 16.4. The minimum atomic E-state index is -1.37. The molecule has 26 heavy (non-hydrogen) atoms. The first kappa shape index (κ1) is 23.8. The van der Waals surface area contributed by atoms with E-state index in [4.69, 9.17) is 14.6 Å². The summed E-state index contributed by atoms with van der Waals surface area (Å²) in [5.74, 6) is 0. The van der Waals surface area contributed by atoms with Crippen LogP contribution < -0.4 is 0 Å². The minimum absolute atomic E-state index is 0.427. The zero-order chi connectivity index (χ0) is 19.2. The maximum absolute atomic E-state index is 9.87. The number of ether oxygens (including phenoxy) is 2. The van der Waals surface area contributed by atoms with Crippen LogP contribution in [0.25, 0.3) is 0 Å². The van der Waals surface area contributed by atoms with Crippen molar-refractivity contribution in [3.63, 3.8) is 0 Å². The average molecular weight is 377 g/mol. The van der Waals surface area contributed by atoms with Crippen LogP contribution in [0.3, 0.4) is 0 Å². The summed E-state index contributed by atoms with van der Waals surface area (Å²) in [6.07, 6.45) is 9.21. The lowest BCUT2D eigenvalue weighted by Crippen LogP contribution is -2.59. The van der Waals surface area contributed by atoms with Gasteiger partial charge in [0.1, 0.15) is 24.4 Å². The van der Waals surface area contributed by atoms with Crippen molar-refractivity contribution < 1.29 is 29.9 Å². The summed E-state index contributed by atoms with van der Waals surface area (Å²) in [4.78, 5) is 0. The molecule has 0 amide bonds. The number of aliphatic hydroxyl groups is 4. The van der Waals surface area contributed by atoms with Crippen LogP contribution in [0.5, 0.6) is 0 Å². The van der Waals surface area contributed by atoms with Crippen LogP contribution in [0, 0.1) is 0 Å². The summed E-state index contributed by atoms with van der Waals surface area (Å²) in [6, 6.07) is 0. The Morgan fingerprint density at radius 3 is 1.69 bits per heavy atom. The first-order chi connectivity index (χ1) is 12.6. The first-order valence-electron chi connectivity index (χ1n) is 10.5. The number of hydrogen-bond acceptors (Lipinski definition) is 6. The van der Waals surface area contributed by atoms with E-state index in [-0.39, 0.29) is 0 Å². The van der Waals surface area contributed by atoms with E-state index >= 15 is 0 Å². The van der Waals surface area contributed by atoms with Crippen molar-refractivity contribution in [1.29, 1.82) is 0 Å². The fraction of sp³-hybridized carbons (Fsp3) is 1.00. The van der Waals surface area contributed by atoms with Crippen molar-refractivity contribution in [3.05, 3.63) is 0 Å². The van der Waals surface area contributed by atoms with Crippen LogP contribution in [-0.2, 0) is 9.47 Å². The van der Waals surface area contributed by atoms with Crippen molar-refractivity contribution >= 4 is 0 Å². The van der Waals surface area contributed by atoms with Gasteiger partial charge in [-0.15, -0.1) is 0 Å². The molecule has 0 aromatic heterocycles. The molecule has 0 aromatic rings. The molecule has 5 atom stereocenters. The third-order valence-electron chi connectivity index (χ3n) is 5.13. The Bertz CT molecular complexity index is 325. The van der Waals surface area contributed by atoms with E-state index in [0.29, 0.717) is 6.61 Å². The molecule has 1 aliphatic heterocycles. The van der Waals surface area contributed by atoms with Gasteiger partial charge in [-0.3, -0.25) is 0 Å². The molecule has 6 heteroatoms. The van der Waals surface area contributed by atoms with Crippen LogP contribution in [0.15, 0.2) is 0 Å². The fourth-order valence-corrected chi connectivity index (χ4v) is 3.35. The van der Waals surface area contributed by atoms with E-state index in [1.54, 1.807) is 0 Å². The van der Waals surface area contributed by atoms with Crippen LogP contribution in [0.2, 0.25) is 0 Å². The molecule has 4 N–H and O–H groups in total. The van der Waals surface area contributed by atoms with Crippen LogP contribution in [0.1, 0.15) is 84.0 Å². The Balaban J connectivity index is 1.95. The minimum Gasteiger partial charge on any atom is -0.394 e. The Hall–Kier alpha value is -0.240. The number of rotatable bonds is 15. The molecule has 0 saturated carbocycles. The van der Waals surface area contributed by atoms with Crippen molar-refractivity contribution in [3.8, 4) is 0 Å². The van der Waals surface area contributed by atoms with E-state index in [2.05, 4.69) is 6.92 Å². The van der Waals surface area contributed by atoms with Crippen molar-refractivity contribution in [1.82, 2.24) is 0 Å². The van der Waals surface area contributed by atoms with Gasteiger partial charge in [0.05, 0.1) is 6.61 Å². The van der Waals surface area contributed by atoms with Crippen LogP contribution >= 0.6 is 0 Å². The fourth-order valence-electron chi connectivity index (χ4n) is 3.35. The van der Waals surface area contributed by atoms with E-state index in [9.17, 15) is 15.3 Å². The topological polar surface area (TPSA) is 99.4 Å². The van der Waals surface area contributed by atoms with Crippen molar-refractivity contribution in [2.24, 2.45) is 0 Å². The lowest BCUT2D eigenvalue weighted by molar-refractivity contribution is -0.301. The Kier molecular flexibility index (Phi) is 13.5. The second-order valence-electron chi connectivity index (χ2n) is 7.46. The quantitative estimate of drug-likeness (QED) is 0.328. The summed E-state index contributed by atoms with van der Waals surface area (Å²) < 4.78 is 10.8. The predicted octanol–water partition coefficient (Wildman–Crippen LogP) is 2.50. The molecule has 0 bridgehead atoms. The van der Waals surface area contributed by atoms with E-state index in [1.165, 1.54) is 64.2 Å². The van der Waals surface area contributed by atoms with Gasteiger partial charge in [-0.2, -0.15) is 0 Å². The molecule has 1 aliphatic rings. The molecule has 6 nitrogen and oxygen atoms in total. The molecule has 1 saturated heterocycles. The largest absolute Gasteiger partial charge is 0.394 e. The van der Waals surface area contributed by atoms with E-state index in [0.717, 1.165) is 12.8 Å². The molecule has 0 radical (unpaired) electrons. The first-order valence-corrected chi connectivity index (χ1v) is 10.5. The van der Waals surface area contributed by atoms with Gasteiger partial charge in [0, 0.05) is 6.61 Å². The predicted molar refractivity (Wildman–Crippen MR) is 101 cm³/mol. The standard InChI is InChI=1S/C20H40O6/c1-2-3-4-5-6-7-8-9-10-11-12-13-14-25-20-19(24)18(23)17(22)16(15-21)26-20/h16-24H,2-15H2,1H3/t16-,17-,18+,19-,20?/m1/s1. The normalized spacial score (nSPS) is 29.2. The third kappa shape index (κ3) is 9.11. The molecule has 156 valence electrons. The van der Waals surface area contributed by atoms with E-state index < -0.39 is 37.3 Å². The second kappa shape index (κ2) is 14.8. The van der Waals surface area contributed by atoms with Crippen LogP contribution in [0.4, 0.5) is 0 Å². The van der Waals surface area contributed by atoms with E-state index in [1.807, 2.05) is 0 Å². The summed E-state index contributed by atoms with van der Waals surface area (Å²) in [5.41, 5.74) is 0. The second-order valence-corrected chi connectivity index (χ2v) is 7.46. The highest BCUT2D eigenvalue weighted by Gasteiger charge is 2.43. The van der Waals surface area contributed by atoms with Gasteiger partial charge in [-0.05, 0) is 6.42 Å². The Morgan fingerprint density at radius 1 is 0.692 bits per heavy atom. The highest BCUT2D eigenvalue weighted by Crippen LogP contribution is 2.22. The molecular weight excluding hydrogens is 336 g/mol. The number of hydrogen-bond donors (Lipinski definition) is 4. The molecule has 1 heterocycles. The average Bonchev–Trinajstić information content (AvgIpc) is 2.65. The Labute approximate surface area is 158 Å². The zero-order valence-corrected chi connectivity index (χ0v) is 16.4. The van der Waals surface area contributed by atoms with Gasteiger partial charge in [0.15, 0.2) is 6.29 Å². The maximum atomic E-state index is 9.87. The molecule has 1 rings (SSSR count). The van der Waals surface area contributed by atoms with Crippen molar-refractivity contribution in [2.75, 3.05) is 13.2 Å². The van der Waals surface area contributed by atoms with Crippen molar-refractivity contribution in [2.45, 2.75) is 115 Å². The maximum Gasteiger partial charge on any atom is 0.186 e. The number of aliphatic hydroxyl groups excluding tert-OH is 4. The Morgan fingerprint density at radius 2 is 1.19 bits per heavy atom. The molecule has 0 aromatic carbocycles. The SMILES string of the molecule is CCCCCCCCCCCCCCOC1O[C@H](CO)[C@@H](O)[C@H](O)[C@H]1O. The molecule has 1 unspecified atom stereocenters. The lowest BCUT2D eigenvalue weighted by atomic mass is 9.99. The molecule has 0 spiro atoms. The summed E-state index contributed by atoms with van der Waals surface area (Å²) >= 11 is 0. The van der Waals surface area contributed by atoms with Gasteiger partial charge in [-0.1, -0.05) is 77.6 Å². The summed E-state index contributed by atoms with van der Waals surface area (Å²) in [7, 11) is 0. The molecule has 0 aliphatic carbocycles. The van der Waals surface area contributed by atoms with Gasteiger partial charge >= 0.3 is 0 Å². The summed E-state index contributed by atoms with van der Waals surface area (Å²) in [5, 5.41) is 38.4. The van der Waals surface area contributed by atoms with Gasteiger partial charge < -0.3 is 29.9 Å². The smallest absolute Gasteiger partial charge is 0.186 e. The monoisotopic (exact) mass is 376 g/mol. The van der Waals surface area contributed by atoms with Gasteiger partial charge in [0.25, 0.3) is 0 Å². The number of unbranched alkanes of at least 4 members (excludes halogenated alkanes) is 11. The molecule has 1 fully saturated rings. The highest BCUT2D eigenvalue weighted by atomic mass is 16.7. The summed E-state index contributed by atoms with van der Waals surface area (Å²) in [6.45, 7) is 2.25. The van der Waals surface area contributed by atoms with Crippen LogP contribution in [-0.4, -0.2) is 64.3 Å². The lowest BCUT2D eigenvalue weighted by Gasteiger charge is -2.39. The third-order valence-corrected chi connectivity index (χ3v) is 5.13. The van der Waals surface area contributed by atoms with Gasteiger partial charge in [-0.25, -0.2) is 0 Å². The van der Waals surface area contributed by atoms with Gasteiger partial charge in [0.2, 0.25) is 0 Å². The highest BCUT2D eigenvalue weighted by molar-refractivity contribution is 4.88.